The standard InChI is InChI=1S/C24H28N2O2/c1-16(27)19-8-9-21(25-13-19)17-6-5-7-18(10-17)22(28)26-15-24(4)12-20(26)11-23(2,3)14-24/h5-10,13,20H,11-12,14-15H2,1-4H3/t20-,24-/m1/s1. The Bertz CT molecular complexity index is 932. The summed E-state index contributed by atoms with van der Waals surface area (Å²) in [5.74, 6) is 0.119. The van der Waals surface area contributed by atoms with Gasteiger partial charge in [-0.1, -0.05) is 32.9 Å². The van der Waals surface area contributed by atoms with Crippen molar-refractivity contribution in [3.8, 4) is 11.3 Å². The van der Waals surface area contributed by atoms with Crippen molar-refractivity contribution in [1.82, 2.24) is 9.88 Å². The van der Waals surface area contributed by atoms with Gasteiger partial charge in [-0.15, -0.1) is 0 Å². The number of nitrogens with zero attached hydrogens (tertiary/aromatic N) is 2. The maximum atomic E-state index is 13.3. The number of carbonyl (C=O) groups is 2. The van der Waals surface area contributed by atoms with Gasteiger partial charge in [0.15, 0.2) is 5.78 Å². The monoisotopic (exact) mass is 376 g/mol. The number of fused-ring (bicyclic) bond motifs is 2. The van der Waals surface area contributed by atoms with Crippen molar-refractivity contribution in [2.45, 2.75) is 53.0 Å². The third kappa shape index (κ3) is 3.48. The number of pyridine rings is 1. The summed E-state index contributed by atoms with van der Waals surface area (Å²) in [7, 11) is 0. The van der Waals surface area contributed by atoms with E-state index in [-0.39, 0.29) is 22.5 Å². The Labute approximate surface area is 167 Å². The Morgan fingerprint density at radius 2 is 1.86 bits per heavy atom. The number of ketones is 1. The molecule has 1 saturated carbocycles. The zero-order chi connectivity index (χ0) is 20.1. The number of benzene rings is 1. The molecule has 28 heavy (non-hydrogen) atoms. The quantitative estimate of drug-likeness (QED) is 0.709. The first kappa shape index (κ1) is 18.9. The molecule has 1 aromatic carbocycles. The minimum absolute atomic E-state index is 0.000418. The van der Waals surface area contributed by atoms with Crippen molar-refractivity contribution in [1.29, 1.82) is 0 Å². The van der Waals surface area contributed by atoms with Crippen LogP contribution in [0, 0.1) is 10.8 Å². The van der Waals surface area contributed by atoms with Gasteiger partial charge in [-0.2, -0.15) is 0 Å². The van der Waals surface area contributed by atoms with Crippen LogP contribution in [-0.4, -0.2) is 34.2 Å². The third-order valence-electron chi connectivity index (χ3n) is 6.25. The highest BCUT2D eigenvalue weighted by molar-refractivity contribution is 5.96. The maximum absolute atomic E-state index is 13.3. The second kappa shape index (κ2) is 6.54. The Morgan fingerprint density at radius 3 is 2.54 bits per heavy atom. The van der Waals surface area contributed by atoms with Gasteiger partial charge in [0.25, 0.3) is 5.91 Å². The third-order valence-corrected chi connectivity index (χ3v) is 6.25. The summed E-state index contributed by atoms with van der Waals surface area (Å²) in [5.41, 5.74) is 3.49. The predicted octanol–water partition coefficient (Wildman–Crippen LogP) is 4.99. The van der Waals surface area contributed by atoms with E-state index in [4.69, 9.17) is 0 Å². The summed E-state index contributed by atoms with van der Waals surface area (Å²) < 4.78 is 0. The zero-order valence-electron chi connectivity index (χ0n) is 17.2. The summed E-state index contributed by atoms with van der Waals surface area (Å²) in [6.45, 7) is 9.34. The number of carbonyl (C=O) groups excluding carboxylic acids is 2. The first-order valence-corrected chi connectivity index (χ1v) is 10.0. The molecule has 146 valence electrons. The van der Waals surface area contributed by atoms with Crippen LogP contribution in [-0.2, 0) is 0 Å². The Hall–Kier alpha value is -2.49. The van der Waals surface area contributed by atoms with E-state index in [0.717, 1.165) is 30.6 Å². The van der Waals surface area contributed by atoms with Crippen molar-refractivity contribution in [2.75, 3.05) is 6.54 Å². The molecule has 2 atom stereocenters. The summed E-state index contributed by atoms with van der Waals surface area (Å²) in [5, 5.41) is 0. The van der Waals surface area contributed by atoms with E-state index in [2.05, 4.69) is 30.7 Å². The zero-order valence-corrected chi connectivity index (χ0v) is 17.2. The van der Waals surface area contributed by atoms with E-state index in [1.165, 1.54) is 13.3 Å². The molecule has 0 unspecified atom stereocenters. The molecule has 4 heteroatoms. The van der Waals surface area contributed by atoms with Gasteiger partial charge < -0.3 is 4.90 Å². The molecule has 1 aromatic heterocycles. The highest BCUT2D eigenvalue weighted by Gasteiger charge is 2.51. The number of rotatable bonds is 3. The summed E-state index contributed by atoms with van der Waals surface area (Å²) in [6, 6.07) is 11.6. The molecule has 4 nitrogen and oxygen atoms in total. The van der Waals surface area contributed by atoms with Crippen molar-refractivity contribution in [2.24, 2.45) is 10.8 Å². The minimum atomic E-state index is -0.000418. The molecule has 0 spiro atoms. The molecular weight excluding hydrogens is 348 g/mol. The number of Topliss-reactive ketones (excluding diaryl/α,β-unsaturated/α-hetero) is 1. The summed E-state index contributed by atoms with van der Waals surface area (Å²) in [4.78, 5) is 31.3. The van der Waals surface area contributed by atoms with Crippen LogP contribution in [0.1, 0.15) is 67.7 Å². The van der Waals surface area contributed by atoms with E-state index in [1.54, 1.807) is 12.3 Å². The molecule has 1 aliphatic heterocycles. The van der Waals surface area contributed by atoms with Crippen LogP contribution in [0.15, 0.2) is 42.6 Å². The topological polar surface area (TPSA) is 50.3 Å². The highest BCUT2D eigenvalue weighted by Crippen LogP contribution is 2.52. The van der Waals surface area contributed by atoms with Crippen LogP contribution in [0.4, 0.5) is 0 Å². The number of hydrogen-bond acceptors (Lipinski definition) is 3. The van der Waals surface area contributed by atoms with Gasteiger partial charge in [0.2, 0.25) is 0 Å². The average molecular weight is 377 g/mol. The molecule has 2 aliphatic rings. The highest BCUT2D eigenvalue weighted by atomic mass is 16.2. The average Bonchev–Trinajstić information content (AvgIpc) is 2.90. The first-order valence-electron chi connectivity index (χ1n) is 10.0. The molecule has 0 radical (unpaired) electrons. The van der Waals surface area contributed by atoms with E-state index in [1.807, 2.05) is 30.3 Å². The lowest BCUT2D eigenvalue weighted by Crippen LogP contribution is -2.37. The number of hydrogen-bond donors (Lipinski definition) is 0. The van der Waals surface area contributed by atoms with Crippen LogP contribution in [0.5, 0.6) is 0 Å². The molecule has 1 saturated heterocycles. The fraction of sp³-hybridized carbons (Fsp3) is 0.458. The summed E-state index contributed by atoms with van der Waals surface area (Å²) >= 11 is 0. The van der Waals surface area contributed by atoms with E-state index >= 15 is 0 Å². The predicted molar refractivity (Wildman–Crippen MR) is 110 cm³/mol. The first-order chi connectivity index (χ1) is 13.2. The van der Waals surface area contributed by atoms with Crippen molar-refractivity contribution in [3.05, 3.63) is 53.7 Å². The van der Waals surface area contributed by atoms with Gasteiger partial charge in [-0.25, -0.2) is 0 Å². The van der Waals surface area contributed by atoms with E-state index in [9.17, 15) is 9.59 Å². The van der Waals surface area contributed by atoms with E-state index < -0.39 is 0 Å². The molecule has 1 aliphatic carbocycles. The number of aromatic nitrogens is 1. The molecule has 0 N–H and O–H groups in total. The molecule has 2 bridgehead atoms. The summed E-state index contributed by atoms with van der Waals surface area (Å²) in [6.07, 6.45) is 4.95. The van der Waals surface area contributed by atoms with Gasteiger partial charge in [0, 0.05) is 35.5 Å². The molecule has 1 amide bonds. The molecule has 2 fully saturated rings. The Kier molecular flexibility index (Phi) is 4.40. The second-order valence-corrected chi connectivity index (χ2v) is 9.72. The lowest BCUT2D eigenvalue weighted by atomic mass is 9.65. The number of likely N-dealkylation sites (tertiary alicyclic amines) is 1. The van der Waals surface area contributed by atoms with Crippen LogP contribution >= 0.6 is 0 Å². The van der Waals surface area contributed by atoms with Crippen LogP contribution in [0.3, 0.4) is 0 Å². The van der Waals surface area contributed by atoms with Gasteiger partial charge in [0.05, 0.1) is 5.69 Å². The molecular formula is C24H28N2O2. The van der Waals surface area contributed by atoms with Crippen molar-refractivity contribution >= 4 is 11.7 Å². The fourth-order valence-electron chi connectivity index (χ4n) is 5.45. The lowest BCUT2D eigenvalue weighted by Gasteiger charge is -2.39. The van der Waals surface area contributed by atoms with Gasteiger partial charge in [-0.05, 0) is 61.3 Å². The van der Waals surface area contributed by atoms with Gasteiger partial charge in [-0.3, -0.25) is 14.6 Å². The smallest absolute Gasteiger partial charge is 0.254 e. The SMILES string of the molecule is CC(=O)c1ccc(-c2cccc(C(=O)N3C[C@]4(C)C[C@H]3CC(C)(C)C4)c2)nc1. The van der Waals surface area contributed by atoms with Gasteiger partial charge >= 0.3 is 0 Å². The minimum Gasteiger partial charge on any atom is -0.335 e. The van der Waals surface area contributed by atoms with Crippen LogP contribution < -0.4 is 0 Å². The number of amides is 1. The van der Waals surface area contributed by atoms with Crippen molar-refractivity contribution in [3.63, 3.8) is 0 Å². The Morgan fingerprint density at radius 1 is 1.07 bits per heavy atom. The fourth-order valence-corrected chi connectivity index (χ4v) is 5.45. The molecule has 4 rings (SSSR count). The van der Waals surface area contributed by atoms with Crippen LogP contribution in [0.2, 0.25) is 0 Å². The second-order valence-electron chi connectivity index (χ2n) is 9.72. The lowest BCUT2D eigenvalue weighted by molar-refractivity contribution is 0.0708. The maximum Gasteiger partial charge on any atom is 0.254 e. The molecule has 2 aromatic rings. The van der Waals surface area contributed by atoms with Gasteiger partial charge in [0.1, 0.15) is 0 Å². The normalized spacial score (nSPS) is 25.6. The van der Waals surface area contributed by atoms with E-state index in [0.29, 0.717) is 17.2 Å². The van der Waals surface area contributed by atoms with Crippen LogP contribution in [0.25, 0.3) is 11.3 Å². The Balaban J connectivity index is 1.59. The largest absolute Gasteiger partial charge is 0.335 e. The van der Waals surface area contributed by atoms with Crippen molar-refractivity contribution < 1.29 is 9.59 Å². The molecule has 2 heterocycles.